The van der Waals surface area contributed by atoms with E-state index in [4.69, 9.17) is 0 Å². The number of carbonyl (C=O) groups excluding carboxylic acids is 1. The van der Waals surface area contributed by atoms with E-state index in [0.717, 1.165) is 24.6 Å². The lowest BCUT2D eigenvalue weighted by Gasteiger charge is -2.39. The summed E-state index contributed by atoms with van der Waals surface area (Å²) in [6.07, 6.45) is -0.949. The monoisotopic (exact) mass is 429 g/mol. The van der Waals surface area contributed by atoms with Gasteiger partial charge in [0.05, 0.1) is 11.5 Å². The molecule has 0 amide bonds. The van der Waals surface area contributed by atoms with Gasteiger partial charge in [0, 0.05) is 23.7 Å². The normalized spacial score (nSPS) is 21.4. The molecule has 0 radical (unpaired) electrons. The number of nitro groups is 1. The summed E-state index contributed by atoms with van der Waals surface area (Å²) in [5.41, 5.74) is -2.51. The highest BCUT2D eigenvalue weighted by Gasteiger charge is 2.39. The van der Waals surface area contributed by atoms with Gasteiger partial charge in [-0.05, 0) is 43.6 Å². The molecule has 1 fully saturated rings. The molecule has 1 aromatic rings. The molecule has 0 aliphatic heterocycles. The van der Waals surface area contributed by atoms with Crippen LogP contribution in [0.3, 0.4) is 0 Å². The first-order valence-corrected chi connectivity index (χ1v) is 9.70. The number of rotatable bonds is 6. The van der Waals surface area contributed by atoms with Crippen molar-refractivity contribution in [2.75, 3.05) is 11.9 Å². The molecule has 1 aliphatic carbocycles. The Morgan fingerprint density at radius 3 is 2.63 bits per heavy atom. The Morgan fingerprint density at radius 2 is 2.10 bits per heavy atom. The molecule has 1 N–H and O–H groups in total. The number of carbonyl (C=O) groups is 1. The number of nitrogens with one attached hydrogen (secondary N) is 1. The van der Waals surface area contributed by atoms with Crippen LogP contribution in [0.25, 0.3) is 6.08 Å². The lowest BCUT2D eigenvalue weighted by molar-refractivity contribution is -0.384. The number of hydrogen-bond acceptors (Lipinski definition) is 6. The van der Waals surface area contributed by atoms with E-state index in [1.807, 2.05) is 6.92 Å². The van der Waals surface area contributed by atoms with Gasteiger partial charge in [0.25, 0.3) is 0 Å². The maximum Gasteiger partial charge on any atom is 0.434 e. The molecule has 166 valence electrons. The Hall–Kier alpha value is -2.65. The number of halogens is 3. The van der Waals surface area contributed by atoms with Crippen LogP contribution >= 0.6 is 0 Å². The zero-order chi connectivity index (χ0) is 22.7. The lowest BCUT2D eigenvalue weighted by atomic mass is 9.70. The third-order valence-corrected chi connectivity index (χ3v) is 4.91. The number of nitrogens with zero attached hydrogens (tertiary/aromatic N) is 2. The highest BCUT2D eigenvalue weighted by atomic mass is 19.4. The predicted molar refractivity (Wildman–Crippen MR) is 106 cm³/mol. The van der Waals surface area contributed by atoms with Gasteiger partial charge in [-0.2, -0.15) is 13.2 Å². The highest BCUT2D eigenvalue weighted by molar-refractivity contribution is 5.87. The molecule has 1 unspecified atom stereocenters. The summed E-state index contributed by atoms with van der Waals surface area (Å²) in [5, 5.41) is 14.4. The number of alkyl halides is 3. The van der Waals surface area contributed by atoms with Crippen LogP contribution in [0.2, 0.25) is 0 Å². The van der Waals surface area contributed by atoms with Gasteiger partial charge in [-0.1, -0.05) is 20.8 Å². The van der Waals surface area contributed by atoms with Gasteiger partial charge < -0.3 is 10.1 Å². The average Bonchev–Trinajstić information content (AvgIpc) is 2.57. The first-order chi connectivity index (χ1) is 13.8. The van der Waals surface area contributed by atoms with Crippen LogP contribution in [0, 0.1) is 21.4 Å². The third kappa shape index (κ3) is 6.17. The van der Waals surface area contributed by atoms with E-state index in [9.17, 15) is 28.1 Å². The van der Waals surface area contributed by atoms with E-state index in [1.165, 1.54) is 0 Å². The lowest BCUT2D eigenvalue weighted by Crippen LogP contribution is -2.36. The second-order valence-corrected chi connectivity index (χ2v) is 8.39. The van der Waals surface area contributed by atoms with Crippen molar-refractivity contribution in [2.45, 2.75) is 59.2 Å². The summed E-state index contributed by atoms with van der Waals surface area (Å²) in [7, 11) is 0. The molecule has 30 heavy (non-hydrogen) atoms. The van der Waals surface area contributed by atoms with Crippen molar-refractivity contribution in [1.29, 1.82) is 0 Å². The van der Waals surface area contributed by atoms with Crippen LogP contribution in [-0.4, -0.2) is 28.5 Å². The minimum absolute atomic E-state index is 0.0424. The summed E-state index contributed by atoms with van der Waals surface area (Å²) in [6, 6.07) is 0.544. The smallest absolute Gasteiger partial charge is 0.434 e. The first kappa shape index (κ1) is 23.6. The van der Waals surface area contributed by atoms with Crippen molar-refractivity contribution in [2.24, 2.45) is 11.3 Å². The van der Waals surface area contributed by atoms with Crippen molar-refractivity contribution in [1.82, 2.24) is 4.98 Å². The van der Waals surface area contributed by atoms with Gasteiger partial charge in [-0.25, -0.2) is 9.78 Å². The Labute approximate surface area is 172 Å². The molecule has 0 aromatic carbocycles. The standard InChI is InChI=1S/C20H26F3N3O4/c1-5-30-16(27)7-6-13-9-15(26(28)29)18(25-17(13)20(21,22)23)24-14-8-12(2)10-19(3,4)11-14/h6-7,9,12,14H,5,8,10-11H2,1-4H3,(H,24,25)/b7-6+/t12-,14?/m0/s1. The van der Waals surface area contributed by atoms with E-state index < -0.39 is 39.8 Å². The molecule has 2 atom stereocenters. The molecule has 1 saturated carbocycles. The van der Waals surface area contributed by atoms with Crippen molar-refractivity contribution in [3.63, 3.8) is 0 Å². The molecule has 0 saturated heterocycles. The second-order valence-electron chi connectivity index (χ2n) is 8.39. The van der Waals surface area contributed by atoms with Gasteiger partial charge >= 0.3 is 17.8 Å². The minimum atomic E-state index is -4.86. The molecule has 1 aromatic heterocycles. The zero-order valence-corrected chi connectivity index (χ0v) is 17.4. The summed E-state index contributed by atoms with van der Waals surface area (Å²) in [4.78, 5) is 25.8. The number of anilines is 1. The number of aromatic nitrogens is 1. The predicted octanol–water partition coefficient (Wildman–Crippen LogP) is 5.21. The summed E-state index contributed by atoms with van der Waals surface area (Å²) >= 11 is 0. The van der Waals surface area contributed by atoms with E-state index >= 15 is 0 Å². The zero-order valence-electron chi connectivity index (χ0n) is 17.4. The summed E-state index contributed by atoms with van der Waals surface area (Å²) in [5.74, 6) is -0.955. The van der Waals surface area contributed by atoms with E-state index in [-0.39, 0.29) is 18.1 Å². The van der Waals surface area contributed by atoms with Gasteiger partial charge in [-0.3, -0.25) is 10.1 Å². The first-order valence-electron chi connectivity index (χ1n) is 9.70. The Kier molecular flexibility index (Phi) is 7.10. The third-order valence-electron chi connectivity index (χ3n) is 4.91. The Balaban J connectivity index is 2.47. The number of pyridine rings is 1. The van der Waals surface area contributed by atoms with Crippen LogP contribution < -0.4 is 5.32 Å². The number of ether oxygens (including phenoxy) is 1. The van der Waals surface area contributed by atoms with E-state index in [2.05, 4.69) is 28.9 Å². The topological polar surface area (TPSA) is 94.4 Å². The van der Waals surface area contributed by atoms with Gasteiger partial charge in [-0.15, -0.1) is 0 Å². The fourth-order valence-corrected chi connectivity index (χ4v) is 4.11. The van der Waals surface area contributed by atoms with Crippen molar-refractivity contribution in [3.05, 3.63) is 33.5 Å². The maximum atomic E-state index is 13.6. The van der Waals surface area contributed by atoms with Crippen LogP contribution in [-0.2, 0) is 15.7 Å². The molecule has 7 nitrogen and oxygen atoms in total. The van der Waals surface area contributed by atoms with Crippen molar-refractivity contribution >= 4 is 23.6 Å². The van der Waals surface area contributed by atoms with Crippen molar-refractivity contribution in [3.8, 4) is 0 Å². The van der Waals surface area contributed by atoms with Crippen LogP contribution in [0.5, 0.6) is 0 Å². The average molecular weight is 429 g/mol. The number of esters is 1. The Bertz CT molecular complexity index is 837. The molecule has 2 rings (SSSR count). The van der Waals surface area contributed by atoms with Gasteiger partial charge in [0.2, 0.25) is 5.82 Å². The summed E-state index contributed by atoms with van der Waals surface area (Å²) < 4.78 is 45.4. The van der Waals surface area contributed by atoms with Crippen LogP contribution in [0.15, 0.2) is 12.1 Å². The highest BCUT2D eigenvalue weighted by Crippen LogP contribution is 2.41. The Morgan fingerprint density at radius 1 is 1.43 bits per heavy atom. The molecule has 10 heteroatoms. The van der Waals surface area contributed by atoms with Crippen molar-refractivity contribution < 1.29 is 27.6 Å². The SMILES string of the molecule is CCOC(=O)/C=C/c1cc([N+](=O)[O-])c(NC2C[C@H](C)CC(C)(C)C2)nc1C(F)(F)F. The summed E-state index contributed by atoms with van der Waals surface area (Å²) in [6.45, 7) is 7.76. The number of hydrogen-bond donors (Lipinski definition) is 1. The molecular weight excluding hydrogens is 403 g/mol. The molecule has 1 aliphatic rings. The fraction of sp³-hybridized carbons (Fsp3) is 0.600. The second kappa shape index (κ2) is 9.01. The van der Waals surface area contributed by atoms with E-state index in [1.54, 1.807) is 6.92 Å². The fourth-order valence-electron chi connectivity index (χ4n) is 4.11. The molecular formula is C20H26F3N3O4. The maximum absolute atomic E-state index is 13.6. The van der Waals surface area contributed by atoms with Gasteiger partial charge in [0.1, 0.15) is 0 Å². The quantitative estimate of drug-likeness (QED) is 0.289. The largest absolute Gasteiger partial charge is 0.463 e. The van der Waals surface area contributed by atoms with Crippen LogP contribution in [0.1, 0.15) is 58.2 Å². The van der Waals surface area contributed by atoms with Gasteiger partial charge in [0.15, 0.2) is 5.69 Å². The van der Waals surface area contributed by atoms with Crippen LogP contribution in [0.4, 0.5) is 24.7 Å². The molecule has 0 bridgehead atoms. The van der Waals surface area contributed by atoms with E-state index in [0.29, 0.717) is 18.8 Å². The molecule has 1 heterocycles. The molecule has 0 spiro atoms. The minimum Gasteiger partial charge on any atom is -0.463 e.